The summed E-state index contributed by atoms with van der Waals surface area (Å²) in [6.45, 7) is 2.37. The second-order valence-corrected chi connectivity index (χ2v) is 8.94. The van der Waals surface area contributed by atoms with Gasteiger partial charge in [-0.15, -0.1) is 10.2 Å². The molecule has 202 valence electrons. The number of aromatic nitrogens is 4. The second-order valence-electron chi connectivity index (χ2n) is 8.94. The van der Waals surface area contributed by atoms with Gasteiger partial charge in [-0.1, -0.05) is 6.07 Å². The summed E-state index contributed by atoms with van der Waals surface area (Å²) in [5, 5.41) is 15.6. The number of ether oxygens (including phenoxy) is 1. The molecule has 2 aromatic rings. The number of carboxylic acids is 1. The van der Waals surface area contributed by atoms with Crippen LogP contribution in [-0.4, -0.2) is 104 Å². The number of carboxylic acid groups (broad SMARTS) is 1. The van der Waals surface area contributed by atoms with Gasteiger partial charge in [0.25, 0.3) is 5.91 Å². The Labute approximate surface area is 210 Å². The Morgan fingerprint density at radius 3 is 2.32 bits per heavy atom. The van der Waals surface area contributed by atoms with Crippen LogP contribution < -0.4 is 0 Å². The van der Waals surface area contributed by atoms with Crippen LogP contribution in [0, 0.1) is 0 Å². The maximum atomic E-state index is 13.2. The van der Waals surface area contributed by atoms with Gasteiger partial charge >= 0.3 is 18.2 Å². The molecule has 0 unspecified atom stereocenters. The lowest BCUT2D eigenvalue weighted by atomic mass is 9.86. The molecule has 0 aliphatic carbocycles. The van der Waals surface area contributed by atoms with Gasteiger partial charge in [0.15, 0.2) is 5.82 Å². The molecule has 0 bridgehead atoms. The molecule has 12 nitrogen and oxygen atoms in total. The summed E-state index contributed by atoms with van der Waals surface area (Å²) < 4.78 is 39.5. The number of aliphatic carboxylic acids is 1. The number of likely N-dealkylation sites (tertiary alicyclic amines) is 1. The molecule has 1 fully saturated rings. The molecule has 0 aromatic carbocycles. The highest BCUT2D eigenvalue weighted by atomic mass is 19.4. The lowest BCUT2D eigenvalue weighted by molar-refractivity contribution is -0.192. The molecule has 0 radical (unpaired) electrons. The first-order valence-corrected chi connectivity index (χ1v) is 11.3. The predicted molar refractivity (Wildman–Crippen MR) is 121 cm³/mol. The van der Waals surface area contributed by atoms with E-state index in [9.17, 15) is 22.8 Å². The van der Waals surface area contributed by atoms with Gasteiger partial charge in [-0.2, -0.15) is 13.2 Å². The first kappa shape index (κ1) is 27.8. The number of nitrogens with zero attached hydrogens (tertiary/aromatic N) is 7. The van der Waals surface area contributed by atoms with Gasteiger partial charge in [0.2, 0.25) is 5.82 Å². The maximum absolute atomic E-state index is 13.2. The van der Waals surface area contributed by atoms with E-state index in [1.54, 1.807) is 37.1 Å². The maximum Gasteiger partial charge on any atom is 0.490 e. The van der Waals surface area contributed by atoms with Crippen molar-refractivity contribution in [1.82, 2.24) is 34.4 Å². The van der Waals surface area contributed by atoms with Crippen molar-refractivity contribution in [1.29, 1.82) is 0 Å². The van der Waals surface area contributed by atoms with Crippen molar-refractivity contribution in [3.63, 3.8) is 0 Å². The van der Waals surface area contributed by atoms with Gasteiger partial charge in [-0.25, -0.2) is 9.59 Å². The van der Waals surface area contributed by atoms with Crippen LogP contribution >= 0.6 is 0 Å². The van der Waals surface area contributed by atoms with E-state index in [-0.39, 0.29) is 11.9 Å². The summed E-state index contributed by atoms with van der Waals surface area (Å²) in [6, 6.07) is 5.62. The van der Waals surface area contributed by atoms with Crippen LogP contribution in [0.3, 0.4) is 0 Å². The van der Waals surface area contributed by atoms with Crippen molar-refractivity contribution >= 4 is 17.9 Å². The number of fused-ring (bicyclic) bond motifs is 2. The van der Waals surface area contributed by atoms with Crippen molar-refractivity contribution in [2.75, 3.05) is 40.8 Å². The Bertz CT molecular complexity index is 1120. The number of carbonyl (C=O) groups excluding carboxylic acids is 2. The van der Waals surface area contributed by atoms with Gasteiger partial charge in [0.05, 0.1) is 24.4 Å². The number of hydrogen-bond acceptors (Lipinski definition) is 7. The highest BCUT2D eigenvalue weighted by Gasteiger charge is 2.45. The summed E-state index contributed by atoms with van der Waals surface area (Å²) in [7, 11) is 5.24. The number of alkyl halides is 3. The third-order valence-electron chi connectivity index (χ3n) is 6.06. The average Bonchev–Trinajstić information content (AvgIpc) is 3.30. The van der Waals surface area contributed by atoms with Crippen LogP contribution in [0.5, 0.6) is 0 Å². The zero-order valence-corrected chi connectivity index (χ0v) is 20.6. The van der Waals surface area contributed by atoms with E-state index in [2.05, 4.69) is 15.2 Å². The van der Waals surface area contributed by atoms with E-state index in [1.807, 2.05) is 27.7 Å². The molecule has 2 aliphatic rings. The Morgan fingerprint density at radius 2 is 1.78 bits per heavy atom. The standard InChI is InChI=1S/C20H27N7O3.C2HF3O2/c1-24(2)19(29)26-10-7-20(8-11-26)14-30-13-16-22-23-17(27(16)20)18(28)25(3)12-15-6-4-5-9-21-15;3-2(4,5)1(6)7/h4-6,9H,7-8,10-14H2,1-3H3;(H,6,7). The molecule has 4 rings (SSSR count). The van der Waals surface area contributed by atoms with Gasteiger partial charge in [-0.3, -0.25) is 14.3 Å². The smallest absolute Gasteiger partial charge is 0.475 e. The van der Waals surface area contributed by atoms with Crippen LogP contribution in [0.4, 0.5) is 18.0 Å². The van der Waals surface area contributed by atoms with Crippen LogP contribution in [0.2, 0.25) is 0 Å². The molecule has 1 saturated heterocycles. The Balaban J connectivity index is 0.000000479. The molecular formula is C22H28F3N7O5. The molecule has 1 N–H and O–H groups in total. The molecule has 3 amide bonds. The summed E-state index contributed by atoms with van der Waals surface area (Å²) in [5.74, 6) is -1.98. The van der Waals surface area contributed by atoms with E-state index in [0.29, 0.717) is 57.3 Å². The van der Waals surface area contributed by atoms with Crippen LogP contribution in [0.15, 0.2) is 24.4 Å². The van der Waals surface area contributed by atoms with Crippen LogP contribution in [-0.2, 0) is 28.2 Å². The van der Waals surface area contributed by atoms with E-state index >= 15 is 0 Å². The van der Waals surface area contributed by atoms with Crippen molar-refractivity contribution < 1.29 is 37.4 Å². The highest BCUT2D eigenvalue weighted by molar-refractivity contribution is 5.90. The number of amides is 3. The van der Waals surface area contributed by atoms with E-state index in [1.165, 1.54) is 0 Å². The van der Waals surface area contributed by atoms with Gasteiger partial charge < -0.3 is 24.5 Å². The van der Waals surface area contributed by atoms with Crippen LogP contribution in [0.1, 0.15) is 35.0 Å². The Kier molecular flexibility index (Phi) is 8.35. The van der Waals surface area contributed by atoms with Crippen molar-refractivity contribution in [3.05, 3.63) is 41.7 Å². The second kappa shape index (κ2) is 11.1. The third-order valence-corrected chi connectivity index (χ3v) is 6.06. The molecular weight excluding hydrogens is 499 g/mol. The van der Waals surface area contributed by atoms with Crippen molar-refractivity contribution in [3.8, 4) is 0 Å². The third kappa shape index (κ3) is 6.34. The SMILES string of the molecule is CN(C)C(=O)N1CCC2(CC1)COCc1nnc(C(=O)N(C)Cc3ccccn3)n12.O=C(O)C(F)(F)F. The lowest BCUT2D eigenvalue weighted by Crippen LogP contribution is -2.54. The molecule has 2 aromatic heterocycles. The number of rotatable bonds is 3. The van der Waals surface area contributed by atoms with E-state index in [4.69, 9.17) is 14.6 Å². The predicted octanol–water partition coefficient (Wildman–Crippen LogP) is 1.58. The van der Waals surface area contributed by atoms with Gasteiger partial charge in [0.1, 0.15) is 6.61 Å². The lowest BCUT2D eigenvalue weighted by Gasteiger charge is -2.45. The zero-order valence-electron chi connectivity index (χ0n) is 20.6. The number of pyridine rings is 1. The molecule has 0 saturated carbocycles. The number of urea groups is 1. The fourth-order valence-electron chi connectivity index (χ4n) is 4.19. The molecule has 1 spiro atoms. The summed E-state index contributed by atoms with van der Waals surface area (Å²) in [4.78, 5) is 43.8. The summed E-state index contributed by atoms with van der Waals surface area (Å²) >= 11 is 0. The van der Waals surface area contributed by atoms with Gasteiger partial charge in [0, 0.05) is 40.4 Å². The average molecular weight is 528 g/mol. The van der Waals surface area contributed by atoms with E-state index in [0.717, 1.165) is 5.69 Å². The number of carbonyl (C=O) groups is 3. The normalized spacial score (nSPS) is 16.3. The number of halogens is 3. The minimum atomic E-state index is -5.08. The topological polar surface area (TPSA) is 134 Å². The summed E-state index contributed by atoms with van der Waals surface area (Å²) in [5.41, 5.74) is 0.386. The molecule has 4 heterocycles. The Morgan fingerprint density at radius 1 is 1.14 bits per heavy atom. The number of piperidine rings is 1. The summed E-state index contributed by atoms with van der Waals surface area (Å²) in [6.07, 6.45) is -2.01. The largest absolute Gasteiger partial charge is 0.490 e. The molecule has 0 atom stereocenters. The first-order valence-electron chi connectivity index (χ1n) is 11.3. The number of hydrogen-bond donors (Lipinski definition) is 1. The van der Waals surface area contributed by atoms with Gasteiger partial charge in [-0.05, 0) is 25.0 Å². The Hall–Kier alpha value is -3.75. The first-order chi connectivity index (χ1) is 17.4. The minimum absolute atomic E-state index is 0.00282. The monoisotopic (exact) mass is 527 g/mol. The fourth-order valence-corrected chi connectivity index (χ4v) is 4.19. The zero-order chi connectivity index (χ0) is 27.4. The van der Waals surface area contributed by atoms with Crippen molar-refractivity contribution in [2.45, 2.75) is 37.7 Å². The molecule has 37 heavy (non-hydrogen) atoms. The fraction of sp³-hybridized carbons (Fsp3) is 0.545. The quantitative estimate of drug-likeness (QED) is 0.636. The van der Waals surface area contributed by atoms with E-state index < -0.39 is 17.7 Å². The van der Waals surface area contributed by atoms with Crippen LogP contribution in [0.25, 0.3) is 0 Å². The molecule has 15 heteroatoms. The highest BCUT2D eigenvalue weighted by Crippen LogP contribution is 2.36. The molecule has 2 aliphatic heterocycles. The van der Waals surface area contributed by atoms with Crippen molar-refractivity contribution in [2.24, 2.45) is 0 Å². The minimum Gasteiger partial charge on any atom is -0.475 e.